The Kier molecular flexibility index (Phi) is 5.00. The normalized spacial score (nSPS) is 11.4. The van der Waals surface area contributed by atoms with E-state index in [-0.39, 0.29) is 16.7 Å². The number of benzene rings is 1. The van der Waals surface area contributed by atoms with Crippen LogP contribution in [0, 0.1) is 6.92 Å². The summed E-state index contributed by atoms with van der Waals surface area (Å²) in [4.78, 5) is 13.6. The van der Waals surface area contributed by atoms with Gasteiger partial charge in [-0.05, 0) is 24.6 Å². The molecule has 0 saturated heterocycles. The fraction of sp³-hybridized carbons (Fsp3) is 0.267. The lowest BCUT2D eigenvalue weighted by Crippen LogP contribution is -2.22. The van der Waals surface area contributed by atoms with Crippen molar-refractivity contribution in [3.8, 4) is 0 Å². The number of amides is 1. The minimum Gasteiger partial charge on any atom is -0.344 e. The van der Waals surface area contributed by atoms with Crippen molar-refractivity contribution >= 4 is 27.3 Å². The Balaban J connectivity index is 2.10. The van der Waals surface area contributed by atoms with Crippen molar-refractivity contribution in [1.29, 1.82) is 0 Å². The Bertz CT molecular complexity index is 762. The highest BCUT2D eigenvalue weighted by Gasteiger charge is 2.19. The van der Waals surface area contributed by atoms with Gasteiger partial charge in [0.25, 0.3) is 5.91 Å². The minimum absolute atomic E-state index is 0.143. The van der Waals surface area contributed by atoms with E-state index in [1.165, 1.54) is 17.0 Å². The number of nitrogens with one attached hydrogen (secondary N) is 1. The van der Waals surface area contributed by atoms with E-state index in [9.17, 15) is 13.2 Å². The zero-order chi connectivity index (χ0) is 16.3. The van der Waals surface area contributed by atoms with Crippen molar-refractivity contribution < 1.29 is 13.2 Å². The van der Waals surface area contributed by atoms with Crippen LogP contribution in [0.5, 0.6) is 0 Å². The van der Waals surface area contributed by atoms with Gasteiger partial charge in [-0.2, -0.15) is 0 Å². The highest BCUT2D eigenvalue weighted by atomic mass is 32.2. The monoisotopic (exact) mass is 338 g/mol. The van der Waals surface area contributed by atoms with Gasteiger partial charge in [0, 0.05) is 20.6 Å². The van der Waals surface area contributed by atoms with Gasteiger partial charge in [-0.25, -0.2) is 13.1 Å². The smallest absolute Gasteiger partial charge is 0.263 e. The highest BCUT2D eigenvalue weighted by Crippen LogP contribution is 2.22. The zero-order valence-electron chi connectivity index (χ0n) is 12.7. The fourth-order valence-corrected chi connectivity index (χ4v) is 4.15. The largest absolute Gasteiger partial charge is 0.344 e. The molecule has 0 unspecified atom stereocenters. The Morgan fingerprint density at radius 2 is 1.77 bits per heavy atom. The molecule has 118 valence electrons. The molecule has 7 heteroatoms. The van der Waals surface area contributed by atoms with E-state index in [4.69, 9.17) is 0 Å². The number of sulfonamides is 1. The summed E-state index contributed by atoms with van der Waals surface area (Å²) in [5.41, 5.74) is 2.01. The summed E-state index contributed by atoms with van der Waals surface area (Å²) in [5, 5.41) is 0. The highest BCUT2D eigenvalue weighted by molar-refractivity contribution is 7.91. The average Bonchev–Trinajstić information content (AvgIpc) is 2.96. The lowest BCUT2D eigenvalue weighted by Gasteiger charge is -2.07. The third-order valence-corrected chi connectivity index (χ3v) is 6.02. The summed E-state index contributed by atoms with van der Waals surface area (Å²) in [6, 6.07) is 10.6. The molecule has 2 rings (SSSR count). The maximum Gasteiger partial charge on any atom is 0.263 e. The quantitative estimate of drug-likeness (QED) is 0.909. The van der Waals surface area contributed by atoms with Crippen LogP contribution in [-0.2, 0) is 16.6 Å². The summed E-state index contributed by atoms with van der Waals surface area (Å²) in [6.07, 6.45) is 0. The Labute approximate surface area is 134 Å². The summed E-state index contributed by atoms with van der Waals surface area (Å²) >= 11 is 0.972. The first-order valence-electron chi connectivity index (χ1n) is 6.66. The second-order valence-corrected chi connectivity index (χ2v) is 8.21. The molecule has 0 aliphatic heterocycles. The van der Waals surface area contributed by atoms with Gasteiger partial charge >= 0.3 is 0 Å². The van der Waals surface area contributed by atoms with Crippen molar-refractivity contribution in [1.82, 2.24) is 9.62 Å². The van der Waals surface area contributed by atoms with Crippen LogP contribution in [0.3, 0.4) is 0 Å². The predicted octanol–water partition coefficient (Wildman–Crippen LogP) is 2.24. The van der Waals surface area contributed by atoms with E-state index < -0.39 is 10.0 Å². The number of hydrogen-bond donors (Lipinski definition) is 1. The van der Waals surface area contributed by atoms with Crippen LogP contribution in [0.4, 0.5) is 0 Å². The summed E-state index contributed by atoms with van der Waals surface area (Å²) in [6.45, 7) is 2.19. The van der Waals surface area contributed by atoms with Crippen LogP contribution < -0.4 is 4.72 Å². The van der Waals surface area contributed by atoms with E-state index in [1.54, 1.807) is 14.1 Å². The Morgan fingerprint density at radius 3 is 2.36 bits per heavy atom. The second kappa shape index (κ2) is 6.60. The molecule has 0 atom stereocenters. The van der Waals surface area contributed by atoms with E-state index in [0.29, 0.717) is 4.88 Å². The molecule has 0 bridgehead atoms. The topological polar surface area (TPSA) is 66.5 Å². The third-order valence-electron chi connectivity index (χ3n) is 3.05. The molecule has 0 spiro atoms. The molecule has 1 heterocycles. The van der Waals surface area contributed by atoms with Gasteiger partial charge in [0.2, 0.25) is 10.0 Å². The molecular formula is C15H18N2O3S2. The van der Waals surface area contributed by atoms with Crippen molar-refractivity contribution in [3.05, 3.63) is 52.4 Å². The number of carbonyl (C=O) groups is 1. The van der Waals surface area contributed by atoms with Crippen molar-refractivity contribution in [2.45, 2.75) is 17.7 Å². The molecule has 0 aliphatic carbocycles. The zero-order valence-corrected chi connectivity index (χ0v) is 14.3. The summed E-state index contributed by atoms with van der Waals surface area (Å²) < 4.78 is 27.2. The van der Waals surface area contributed by atoms with Crippen molar-refractivity contribution in [2.24, 2.45) is 0 Å². The molecular weight excluding hydrogens is 320 g/mol. The van der Waals surface area contributed by atoms with Crippen LogP contribution >= 0.6 is 11.3 Å². The molecule has 0 radical (unpaired) electrons. The maximum absolute atomic E-state index is 12.3. The fourth-order valence-electron chi connectivity index (χ4n) is 1.76. The molecule has 0 aliphatic rings. The van der Waals surface area contributed by atoms with Crippen LogP contribution in [0.15, 0.2) is 40.6 Å². The van der Waals surface area contributed by atoms with Gasteiger partial charge in [-0.15, -0.1) is 11.3 Å². The van der Waals surface area contributed by atoms with E-state index in [1.807, 2.05) is 31.2 Å². The standard InChI is InChI=1S/C15H18N2O3S2/c1-11-4-6-12(7-5-11)10-16-22(19,20)14-9-8-13(21-14)15(18)17(2)3/h4-9,16H,10H2,1-3H3. The van der Waals surface area contributed by atoms with Crippen molar-refractivity contribution in [3.63, 3.8) is 0 Å². The first-order chi connectivity index (χ1) is 10.3. The van der Waals surface area contributed by atoms with Gasteiger partial charge < -0.3 is 4.90 Å². The molecule has 1 amide bonds. The van der Waals surface area contributed by atoms with Crippen molar-refractivity contribution in [2.75, 3.05) is 14.1 Å². The van der Waals surface area contributed by atoms with Crippen LogP contribution in [0.1, 0.15) is 20.8 Å². The number of carbonyl (C=O) groups excluding carboxylic acids is 1. The van der Waals surface area contributed by atoms with Gasteiger partial charge in [-0.3, -0.25) is 4.79 Å². The van der Waals surface area contributed by atoms with E-state index >= 15 is 0 Å². The molecule has 22 heavy (non-hydrogen) atoms. The summed E-state index contributed by atoms with van der Waals surface area (Å²) in [7, 11) is -0.348. The molecule has 0 saturated carbocycles. The number of nitrogens with zero attached hydrogens (tertiary/aromatic N) is 1. The average molecular weight is 338 g/mol. The number of thiophene rings is 1. The first-order valence-corrected chi connectivity index (χ1v) is 8.96. The maximum atomic E-state index is 12.3. The molecule has 5 nitrogen and oxygen atoms in total. The number of rotatable bonds is 5. The predicted molar refractivity (Wildman–Crippen MR) is 87.5 cm³/mol. The molecule has 1 N–H and O–H groups in total. The van der Waals surface area contributed by atoms with Gasteiger partial charge in [0.05, 0.1) is 4.88 Å². The van der Waals surface area contributed by atoms with Gasteiger partial charge in [0.15, 0.2) is 0 Å². The SMILES string of the molecule is Cc1ccc(CNS(=O)(=O)c2ccc(C(=O)N(C)C)s2)cc1. The van der Waals surface area contributed by atoms with Crippen LogP contribution in [0.25, 0.3) is 0 Å². The third kappa shape index (κ3) is 3.94. The molecule has 2 aromatic rings. The van der Waals surface area contributed by atoms with E-state index in [2.05, 4.69) is 4.72 Å². The molecule has 1 aromatic heterocycles. The number of hydrogen-bond acceptors (Lipinski definition) is 4. The Morgan fingerprint density at radius 1 is 1.14 bits per heavy atom. The van der Waals surface area contributed by atoms with Crippen LogP contribution in [-0.4, -0.2) is 33.3 Å². The first kappa shape index (κ1) is 16.7. The van der Waals surface area contributed by atoms with Gasteiger partial charge in [-0.1, -0.05) is 29.8 Å². The lowest BCUT2D eigenvalue weighted by atomic mass is 10.2. The second-order valence-electron chi connectivity index (χ2n) is 5.13. The minimum atomic E-state index is -3.61. The summed E-state index contributed by atoms with van der Waals surface area (Å²) in [5.74, 6) is -0.204. The van der Waals surface area contributed by atoms with Gasteiger partial charge in [0.1, 0.15) is 4.21 Å². The van der Waals surface area contributed by atoms with E-state index in [0.717, 1.165) is 22.5 Å². The Hall–Kier alpha value is -1.70. The number of aryl methyl sites for hydroxylation is 1. The lowest BCUT2D eigenvalue weighted by molar-refractivity contribution is 0.0832. The van der Waals surface area contributed by atoms with Crippen LogP contribution in [0.2, 0.25) is 0 Å². The molecule has 0 fully saturated rings. The molecule has 1 aromatic carbocycles.